The van der Waals surface area contributed by atoms with Crippen molar-refractivity contribution in [1.82, 2.24) is 4.90 Å². The van der Waals surface area contributed by atoms with Gasteiger partial charge in [-0.2, -0.15) is 0 Å². The van der Waals surface area contributed by atoms with Crippen LogP contribution in [0, 0.1) is 0 Å². The van der Waals surface area contributed by atoms with Crippen LogP contribution in [0.3, 0.4) is 0 Å². The van der Waals surface area contributed by atoms with Crippen LogP contribution in [0.1, 0.15) is 70.3 Å². The van der Waals surface area contributed by atoms with Crippen LogP contribution in [-0.4, -0.2) is 17.0 Å². The zero-order valence-electron chi connectivity index (χ0n) is 14.1. The van der Waals surface area contributed by atoms with E-state index in [0.29, 0.717) is 6.04 Å². The van der Waals surface area contributed by atoms with Crippen molar-refractivity contribution in [3.63, 3.8) is 0 Å². The number of benzene rings is 1. The van der Waals surface area contributed by atoms with E-state index in [1.54, 1.807) is 5.57 Å². The summed E-state index contributed by atoms with van der Waals surface area (Å²) in [6.45, 7) is 3.43. The standard InChI is InChI=1S/C21H31N/c1-2-3-4-6-12-19-15-20-13-9-14-21(16-19)22(20)17-18-10-7-5-8-11-18/h5,7-8,10-11,15,20-21H,2-4,6,9,12-14,16-17H2,1H3. The molecule has 1 aromatic rings. The zero-order valence-corrected chi connectivity index (χ0v) is 14.1. The van der Waals surface area contributed by atoms with Crippen molar-refractivity contribution >= 4 is 0 Å². The number of fused-ring (bicyclic) bond motifs is 2. The summed E-state index contributed by atoms with van der Waals surface area (Å²) < 4.78 is 0. The van der Waals surface area contributed by atoms with E-state index < -0.39 is 0 Å². The first-order chi connectivity index (χ1) is 10.9. The maximum atomic E-state index is 2.77. The fraction of sp³-hybridized carbons (Fsp3) is 0.619. The minimum Gasteiger partial charge on any atom is -0.289 e. The lowest BCUT2D eigenvalue weighted by molar-refractivity contribution is 0.0876. The van der Waals surface area contributed by atoms with Gasteiger partial charge in [-0.1, -0.05) is 74.6 Å². The van der Waals surface area contributed by atoms with E-state index in [2.05, 4.69) is 48.2 Å². The summed E-state index contributed by atoms with van der Waals surface area (Å²) in [4.78, 5) is 2.77. The maximum Gasteiger partial charge on any atom is 0.0287 e. The highest BCUT2D eigenvalue weighted by atomic mass is 15.2. The van der Waals surface area contributed by atoms with Crippen LogP contribution >= 0.6 is 0 Å². The molecule has 0 aromatic heterocycles. The Labute approximate surface area is 136 Å². The van der Waals surface area contributed by atoms with Crippen molar-refractivity contribution in [3.05, 3.63) is 47.5 Å². The highest BCUT2D eigenvalue weighted by Crippen LogP contribution is 2.35. The van der Waals surface area contributed by atoms with Crippen molar-refractivity contribution in [2.75, 3.05) is 0 Å². The van der Waals surface area contributed by atoms with Crippen molar-refractivity contribution in [3.8, 4) is 0 Å². The van der Waals surface area contributed by atoms with Gasteiger partial charge in [0.1, 0.15) is 0 Å². The number of piperidine rings is 1. The second kappa shape index (κ2) is 7.97. The van der Waals surface area contributed by atoms with E-state index in [4.69, 9.17) is 0 Å². The Morgan fingerprint density at radius 2 is 1.91 bits per heavy atom. The van der Waals surface area contributed by atoms with Gasteiger partial charge in [-0.25, -0.2) is 0 Å². The van der Waals surface area contributed by atoms with E-state index in [-0.39, 0.29) is 0 Å². The third-order valence-electron chi connectivity index (χ3n) is 5.42. The Morgan fingerprint density at radius 3 is 2.68 bits per heavy atom. The molecule has 2 bridgehead atoms. The second-order valence-electron chi connectivity index (χ2n) is 7.15. The molecule has 2 unspecified atom stereocenters. The number of nitrogens with zero attached hydrogens (tertiary/aromatic N) is 1. The van der Waals surface area contributed by atoms with E-state index in [1.165, 1.54) is 63.4 Å². The van der Waals surface area contributed by atoms with Crippen LogP contribution in [-0.2, 0) is 6.54 Å². The van der Waals surface area contributed by atoms with Gasteiger partial charge in [-0.15, -0.1) is 0 Å². The van der Waals surface area contributed by atoms with Gasteiger partial charge in [0.2, 0.25) is 0 Å². The van der Waals surface area contributed by atoms with Gasteiger partial charge in [0, 0.05) is 18.6 Å². The van der Waals surface area contributed by atoms with Gasteiger partial charge in [0.05, 0.1) is 0 Å². The first-order valence-electron chi connectivity index (χ1n) is 9.36. The maximum absolute atomic E-state index is 2.77. The predicted molar refractivity (Wildman–Crippen MR) is 94.9 cm³/mol. The Morgan fingerprint density at radius 1 is 1.05 bits per heavy atom. The van der Waals surface area contributed by atoms with Gasteiger partial charge in [-0.3, -0.25) is 4.90 Å². The molecule has 1 fully saturated rings. The second-order valence-corrected chi connectivity index (χ2v) is 7.15. The molecular formula is C21H31N. The average Bonchev–Trinajstić information content (AvgIpc) is 2.53. The lowest BCUT2D eigenvalue weighted by atomic mass is 9.83. The van der Waals surface area contributed by atoms with E-state index in [0.717, 1.165) is 12.6 Å². The number of hydrogen-bond acceptors (Lipinski definition) is 1. The highest BCUT2D eigenvalue weighted by molar-refractivity contribution is 5.20. The molecule has 0 amide bonds. The minimum atomic E-state index is 0.703. The molecule has 0 aliphatic carbocycles. The molecule has 0 N–H and O–H groups in total. The zero-order chi connectivity index (χ0) is 15.2. The monoisotopic (exact) mass is 297 g/mol. The molecule has 2 heterocycles. The largest absolute Gasteiger partial charge is 0.289 e. The highest BCUT2D eigenvalue weighted by Gasteiger charge is 2.33. The van der Waals surface area contributed by atoms with Crippen molar-refractivity contribution < 1.29 is 0 Å². The summed E-state index contributed by atoms with van der Waals surface area (Å²) in [7, 11) is 0. The fourth-order valence-corrected chi connectivity index (χ4v) is 4.21. The van der Waals surface area contributed by atoms with Crippen molar-refractivity contribution in [1.29, 1.82) is 0 Å². The third kappa shape index (κ3) is 4.01. The number of unbranched alkanes of at least 4 members (excludes halogenated alkanes) is 3. The van der Waals surface area contributed by atoms with Crippen LogP contribution in [0.25, 0.3) is 0 Å². The Kier molecular flexibility index (Phi) is 5.72. The molecule has 22 heavy (non-hydrogen) atoms. The summed E-state index contributed by atoms with van der Waals surface area (Å²) in [5.74, 6) is 0. The molecule has 1 nitrogen and oxygen atoms in total. The quantitative estimate of drug-likeness (QED) is 0.460. The van der Waals surface area contributed by atoms with Gasteiger partial charge >= 0.3 is 0 Å². The summed E-state index contributed by atoms with van der Waals surface area (Å²) in [5, 5.41) is 0. The van der Waals surface area contributed by atoms with Crippen LogP contribution in [0.5, 0.6) is 0 Å². The van der Waals surface area contributed by atoms with Crippen molar-refractivity contribution in [2.24, 2.45) is 0 Å². The number of rotatable bonds is 7. The molecule has 2 aliphatic heterocycles. The van der Waals surface area contributed by atoms with E-state index in [1.807, 2.05) is 0 Å². The molecule has 1 saturated heterocycles. The summed E-state index contributed by atoms with van der Waals surface area (Å²) in [6, 6.07) is 12.5. The average molecular weight is 297 g/mol. The molecule has 0 radical (unpaired) electrons. The molecule has 1 aromatic carbocycles. The summed E-state index contributed by atoms with van der Waals surface area (Å²) in [6.07, 6.45) is 15.0. The first-order valence-corrected chi connectivity index (χ1v) is 9.36. The lowest BCUT2D eigenvalue weighted by Crippen LogP contribution is -2.47. The summed E-state index contributed by atoms with van der Waals surface area (Å²) in [5.41, 5.74) is 3.23. The number of hydrogen-bond donors (Lipinski definition) is 0. The van der Waals surface area contributed by atoms with Gasteiger partial charge in [0.25, 0.3) is 0 Å². The van der Waals surface area contributed by atoms with Gasteiger partial charge < -0.3 is 0 Å². The van der Waals surface area contributed by atoms with E-state index >= 15 is 0 Å². The Balaban J connectivity index is 1.61. The normalized spacial score (nSPS) is 25.0. The van der Waals surface area contributed by atoms with Crippen molar-refractivity contribution in [2.45, 2.75) is 83.3 Å². The molecule has 1 heteroatoms. The molecule has 0 spiro atoms. The molecular weight excluding hydrogens is 266 g/mol. The Bertz CT molecular complexity index is 476. The van der Waals surface area contributed by atoms with Crippen LogP contribution < -0.4 is 0 Å². The van der Waals surface area contributed by atoms with Gasteiger partial charge in [0.15, 0.2) is 0 Å². The topological polar surface area (TPSA) is 3.24 Å². The smallest absolute Gasteiger partial charge is 0.0287 e. The molecule has 3 rings (SSSR count). The van der Waals surface area contributed by atoms with E-state index in [9.17, 15) is 0 Å². The third-order valence-corrected chi connectivity index (χ3v) is 5.42. The lowest BCUT2D eigenvalue weighted by Gasteiger charge is -2.45. The molecule has 120 valence electrons. The van der Waals surface area contributed by atoms with Crippen LogP contribution in [0.4, 0.5) is 0 Å². The van der Waals surface area contributed by atoms with Crippen LogP contribution in [0.15, 0.2) is 42.0 Å². The molecule has 2 aliphatic rings. The fourth-order valence-electron chi connectivity index (χ4n) is 4.21. The van der Waals surface area contributed by atoms with Crippen LogP contribution in [0.2, 0.25) is 0 Å². The Hall–Kier alpha value is -1.08. The molecule has 2 atom stereocenters. The first kappa shape index (κ1) is 15.8. The predicted octanol–water partition coefficient (Wildman–Crippen LogP) is 5.71. The minimum absolute atomic E-state index is 0.703. The molecule has 0 saturated carbocycles. The summed E-state index contributed by atoms with van der Waals surface area (Å²) >= 11 is 0. The van der Waals surface area contributed by atoms with Gasteiger partial charge in [-0.05, 0) is 37.7 Å². The SMILES string of the molecule is CCCCCCC1=CC2CCCC(C1)N2Cc1ccccc1.